The molecule has 6 nitrogen and oxygen atoms in total. The molecule has 0 saturated carbocycles. The second-order valence-corrected chi connectivity index (χ2v) is 7.92. The van der Waals surface area contributed by atoms with Crippen molar-refractivity contribution in [2.24, 2.45) is 0 Å². The summed E-state index contributed by atoms with van der Waals surface area (Å²) >= 11 is 0. The molecule has 1 atom stereocenters. The molecule has 0 unspecified atom stereocenters. The van der Waals surface area contributed by atoms with Crippen LogP contribution in [0.2, 0.25) is 0 Å². The lowest BCUT2D eigenvalue weighted by atomic mass is 10.1. The Morgan fingerprint density at radius 1 is 1.00 bits per heavy atom. The summed E-state index contributed by atoms with van der Waals surface area (Å²) in [6.07, 6.45) is 2.50. The van der Waals surface area contributed by atoms with Gasteiger partial charge in [-0.05, 0) is 56.5 Å². The average Bonchev–Trinajstić information content (AvgIpc) is 3.07. The van der Waals surface area contributed by atoms with Crippen molar-refractivity contribution in [2.45, 2.75) is 40.2 Å². The van der Waals surface area contributed by atoms with Crippen LogP contribution in [0.5, 0.6) is 0 Å². The lowest BCUT2D eigenvalue weighted by molar-refractivity contribution is 0.510. The molecule has 6 heteroatoms. The van der Waals surface area contributed by atoms with Gasteiger partial charge in [0.25, 0.3) is 5.56 Å². The quantitative estimate of drug-likeness (QED) is 0.436. The van der Waals surface area contributed by atoms with Crippen molar-refractivity contribution >= 4 is 33.2 Å². The van der Waals surface area contributed by atoms with Crippen LogP contribution in [0.3, 0.4) is 0 Å². The first-order chi connectivity index (χ1) is 14.5. The summed E-state index contributed by atoms with van der Waals surface area (Å²) in [5.74, 6) is 0. The number of para-hydroxylation sites is 2. The van der Waals surface area contributed by atoms with Gasteiger partial charge in [0.1, 0.15) is 17.2 Å². The standard InChI is InChI=1S/C24H23N5O/c1-5-16(4)28-13-25-22-20(24(28)30)21-23(27-18-9-7-6-8-17(18)26-21)29(22)19-12-14(2)10-11-15(19)3/h6-13,16H,5H2,1-4H3/t16-/m1/s1. The molecular formula is C24H23N5O. The molecular weight excluding hydrogens is 374 g/mol. The van der Waals surface area contributed by atoms with Gasteiger partial charge in [-0.25, -0.2) is 15.0 Å². The Labute approximate surface area is 173 Å². The zero-order valence-corrected chi connectivity index (χ0v) is 17.5. The van der Waals surface area contributed by atoms with E-state index in [-0.39, 0.29) is 11.6 Å². The van der Waals surface area contributed by atoms with Gasteiger partial charge < -0.3 is 0 Å². The number of hydrogen-bond acceptors (Lipinski definition) is 4. The van der Waals surface area contributed by atoms with E-state index in [0.29, 0.717) is 22.2 Å². The van der Waals surface area contributed by atoms with E-state index in [1.807, 2.05) is 35.8 Å². The highest BCUT2D eigenvalue weighted by molar-refractivity contribution is 6.05. The van der Waals surface area contributed by atoms with Gasteiger partial charge in [-0.15, -0.1) is 0 Å². The maximum Gasteiger partial charge on any atom is 0.265 e. The van der Waals surface area contributed by atoms with E-state index in [0.717, 1.165) is 34.3 Å². The predicted octanol–water partition coefficient (Wildman–Crippen LogP) is 4.87. The largest absolute Gasteiger partial charge is 0.296 e. The van der Waals surface area contributed by atoms with Crippen molar-refractivity contribution in [3.8, 4) is 5.69 Å². The van der Waals surface area contributed by atoms with Crippen LogP contribution in [0.1, 0.15) is 37.4 Å². The Kier molecular flexibility index (Phi) is 4.17. The van der Waals surface area contributed by atoms with Gasteiger partial charge >= 0.3 is 0 Å². The molecule has 2 aromatic carbocycles. The molecule has 5 rings (SSSR count). The molecule has 30 heavy (non-hydrogen) atoms. The second-order valence-electron chi connectivity index (χ2n) is 7.92. The van der Waals surface area contributed by atoms with E-state index < -0.39 is 0 Å². The third-order valence-corrected chi connectivity index (χ3v) is 5.86. The molecule has 0 saturated heterocycles. The summed E-state index contributed by atoms with van der Waals surface area (Å²) in [6, 6.07) is 14.1. The first-order valence-corrected chi connectivity index (χ1v) is 10.2. The first-order valence-electron chi connectivity index (χ1n) is 10.2. The molecule has 0 spiro atoms. The summed E-state index contributed by atoms with van der Waals surface area (Å²) in [6.45, 7) is 8.20. The maximum absolute atomic E-state index is 13.5. The minimum atomic E-state index is -0.0759. The Hall–Kier alpha value is -3.54. The lowest BCUT2D eigenvalue weighted by Gasteiger charge is -2.13. The van der Waals surface area contributed by atoms with Crippen molar-refractivity contribution in [1.82, 2.24) is 24.1 Å². The molecule has 3 heterocycles. The monoisotopic (exact) mass is 397 g/mol. The van der Waals surface area contributed by atoms with Gasteiger partial charge in [0.15, 0.2) is 11.3 Å². The maximum atomic E-state index is 13.5. The highest BCUT2D eigenvalue weighted by Gasteiger charge is 2.22. The third kappa shape index (κ3) is 2.64. The number of hydrogen-bond donors (Lipinski definition) is 0. The number of fused-ring (bicyclic) bond motifs is 4. The highest BCUT2D eigenvalue weighted by atomic mass is 16.1. The van der Waals surface area contributed by atoms with Crippen molar-refractivity contribution < 1.29 is 0 Å². The van der Waals surface area contributed by atoms with Gasteiger partial charge in [-0.1, -0.05) is 31.2 Å². The summed E-state index contributed by atoms with van der Waals surface area (Å²) in [7, 11) is 0. The van der Waals surface area contributed by atoms with Gasteiger partial charge in [0, 0.05) is 6.04 Å². The highest BCUT2D eigenvalue weighted by Crippen LogP contribution is 2.30. The van der Waals surface area contributed by atoms with Crippen LogP contribution in [-0.4, -0.2) is 24.1 Å². The average molecular weight is 397 g/mol. The van der Waals surface area contributed by atoms with Gasteiger partial charge in [-0.2, -0.15) is 0 Å². The fourth-order valence-corrected chi connectivity index (χ4v) is 3.95. The summed E-state index contributed by atoms with van der Waals surface area (Å²) < 4.78 is 3.68. The van der Waals surface area contributed by atoms with Crippen LogP contribution in [0.4, 0.5) is 0 Å². The molecule has 0 bridgehead atoms. The topological polar surface area (TPSA) is 65.6 Å². The number of aromatic nitrogens is 5. The molecule has 0 N–H and O–H groups in total. The smallest absolute Gasteiger partial charge is 0.265 e. The molecule has 150 valence electrons. The van der Waals surface area contributed by atoms with Gasteiger partial charge in [-0.3, -0.25) is 13.9 Å². The SMILES string of the molecule is CC[C@@H](C)n1cnc2c(c1=O)c1nc3ccccc3nc1n2-c1cc(C)ccc1C. The summed E-state index contributed by atoms with van der Waals surface area (Å²) in [5.41, 5.74) is 6.52. The Morgan fingerprint density at radius 2 is 1.73 bits per heavy atom. The summed E-state index contributed by atoms with van der Waals surface area (Å²) in [5, 5.41) is 0.520. The Balaban J connectivity index is 2.02. The van der Waals surface area contributed by atoms with Crippen LogP contribution in [0.25, 0.3) is 38.9 Å². The normalized spacial score (nSPS) is 12.8. The zero-order chi connectivity index (χ0) is 21.0. The van der Waals surface area contributed by atoms with E-state index >= 15 is 0 Å². The van der Waals surface area contributed by atoms with E-state index in [4.69, 9.17) is 15.0 Å². The third-order valence-electron chi connectivity index (χ3n) is 5.86. The lowest BCUT2D eigenvalue weighted by Crippen LogP contribution is -2.23. The number of aryl methyl sites for hydroxylation is 2. The van der Waals surface area contributed by atoms with Gasteiger partial charge in [0.2, 0.25) is 0 Å². The Bertz CT molecular complexity index is 1500. The van der Waals surface area contributed by atoms with Crippen LogP contribution in [0.15, 0.2) is 53.6 Å². The molecule has 3 aromatic heterocycles. The zero-order valence-electron chi connectivity index (χ0n) is 17.5. The predicted molar refractivity (Wildman–Crippen MR) is 120 cm³/mol. The van der Waals surface area contributed by atoms with Crippen LogP contribution in [0, 0.1) is 13.8 Å². The number of nitrogens with zero attached hydrogens (tertiary/aromatic N) is 5. The molecule has 0 amide bonds. The fraction of sp³-hybridized carbons (Fsp3) is 0.250. The van der Waals surface area contributed by atoms with Crippen LogP contribution >= 0.6 is 0 Å². The van der Waals surface area contributed by atoms with Crippen molar-refractivity contribution in [3.05, 3.63) is 70.3 Å². The number of rotatable bonds is 3. The molecule has 0 radical (unpaired) electrons. The van der Waals surface area contributed by atoms with Crippen molar-refractivity contribution in [1.29, 1.82) is 0 Å². The second kappa shape index (κ2) is 6.76. The van der Waals surface area contributed by atoms with Gasteiger partial charge in [0.05, 0.1) is 16.7 Å². The minimum absolute atomic E-state index is 0.0573. The molecule has 5 aromatic rings. The van der Waals surface area contributed by atoms with Crippen molar-refractivity contribution in [3.63, 3.8) is 0 Å². The van der Waals surface area contributed by atoms with E-state index in [2.05, 4.69) is 39.0 Å². The van der Waals surface area contributed by atoms with E-state index in [1.165, 1.54) is 0 Å². The Morgan fingerprint density at radius 3 is 2.47 bits per heavy atom. The first kappa shape index (κ1) is 18.5. The van der Waals surface area contributed by atoms with E-state index in [1.54, 1.807) is 10.9 Å². The van der Waals surface area contributed by atoms with Crippen LogP contribution in [-0.2, 0) is 0 Å². The van der Waals surface area contributed by atoms with Crippen LogP contribution < -0.4 is 5.56 Å². The molecule has 0 aliphatic heterocycles. The van der Waals surface area contributed by atoms with E-state index in [9.17, 15) is 4.79 Å². The minimum Gasteiger partial charge on any atom is -0.296 e. The summed E-state index contributed by atoms with van der Waals surface area (Å²) in [4.78, 5) is 28.0. The molecule has 0 fully saturated rings. The van der Waals surface area contributed by atoms with Crippen molar-refractivity contribution in [2.75, 3.05) is 0 Å². The molecule has 0 aliphatic carbocycles. The number of benzene rings is 2. The molecule has 0 aliphatic rings. The fourth-order valence-electron chi connectivity index (χ4n) is 3.95.